The van der Waals surface area contributed by atoms with Crippen molar-refractivity contribution in [2.24, 2.45) is 0 Å². The minimum absolute atomic E-state index is 0.228. The Bertz CT molecular complexity index is 964. The molecule has 6 nitrogen and oxygen atoms in total. The van der Waals surface area contributed by atoms with E-state index >= 15 is 0 Å². The summed E-state index contributed by atoms with van der Waals surface area (Å²) in [5.41, 5.74) is 4.45. The van der Waals surface area contributed by atoms with Crippen molar-refractivity contribution in [1.29, 1.82) is 0 Å². The summed E-state index contributed by atoms with van der Waals surface area (Å²) in [4.78, 5) is 18.2. The SMILES string of the molecule is Cc1nc(NC(=O)c2n[nH]c3c2CNCC3)sc1Cc1cccc(Cl)c1. The molecule has 0 atom stereocenters. The molecular formula is C18H18ClN5OS. The predicted molar refractivity (Wildman–Crippen MR) is 103 cm³/mol. The lowest BCUT2D eigenvalue weighted by Crippen LogP contribution is -2.25. The summed E-state index contributed by atoms with van der Waals surface area (Å²) < 4.78 is 0. The number of benzene rings is 1. The van der Waals surface area contributed by atoms with E-state index in [9.17, 15) is 4.79 Å². The number of hydrogen-bond donors (Lipinski definition) is 3. The molecule has 3 aromatic rings. The van der Waals surface area contributed by atoms with Gasteiger partial charge in [-0.3, -0.25) is 15.2 Å². The summed E-state index contributed by atoms with van der Waals surface area (Å²) in [6.07, 6.45) is 1.59. The van der Waals surface area contributed by atoms with Crippen LogP contribution in [-0.4, -0.2) is 27.6 Å². The van der Waals surface area contributed by atoms with E-state index in [2.05, 4.69) is 25.8 Å². The average molecular weight is 388 g/mol. The molecule has 1 aromatic carbocycles. The second kappa shape index (κ2) is 7.19. The smallest absolute Gasteiger partial charge is 0.278 e. The van der Waals surface area contributed by atoms with Crippen molar-refractivity contribution in [2.75, 3.05) is 11.9 Å². The first-order valence-corrected chi connectivity index (χ1v) is 9.58. The first kappa shape index (κ1) is 17.2. The molecule has 1 amide bonds. The van der Waals surface area contributed by atoms with Gasteiger partial charge < -0.3 is 5.32 Å². The molecule has 0 bridgehead atoms. The molecule has 0 spiro atoms. The van der Waals surface area contributed by atoms with Gasteiger partial charge in [-0.05, 0) is 24.6 Å². The number of nitrogens with zero attached hydrogens (tertiary/aromatic N) is 2. The highest BCUT2D eigenvalue weighted by Crippen LogP contribution is 2.27. The molecule has 8 heteroatoms. The Morgan fingerprint density at radius 3 is 3.15 bits per heavy atom. The summed E-state index contributed by atoms with van der Waals surface area (Å²) in [7, 11) is 0. The molecule has 1 aliphatic heterocycles. The number of carbonyl (C=O) groups excluding carboxylic acids is 1. The molecule has 26 heavy (non-hydrogen) atoms. The van der Waals surface area contributed by atoms with Gasteiger partial charge in [0, 0.05) is 47.1 Å². The summed E-state index contributed by atoms with van der Waals surface area (Å²) in [5, 5.41) is 14.6. The van der Waals surface area contributed by atoms with Crippen molar-refractivity contribution in [2.45, 2.75) is 26.3 Å². The number of anilines is 1. The lowest BCUT2D eigenvalue weighted by molar-refractivity contribution is 0.102. The Hall–Kier alpha value is -2.22. The standard InChI is InChI=1S/C18H18ClN5OS/c1-10-15(8-11-3-2-4-12(19)7-11)26-18(21-10)22-17(25)16-13-9-20-6-5-14(13)23-24-16/h2-4,7,20H,5-6,8-9H2,1H3,(H,23,24)(H,21,22,25). The molecule has 3 N–H and O–H groups in total. The fourth-order valence-corrected chi connectivity index (χ4v) is 4.25. The number of H-pyrrole nitrogens is 1. The number of amides is 1. The van der Waals surface area contributed by atoms with Crippen LogP contribution in [0, 0.1) is 6.92 Å². The first-order chi connectivity index (χ1) is 12.6. The van der Waals surface area contributed by atoms with Crippen LogP contribution in [0.15, 0.2) is 24.3 Å². The molecular weight excluding hydrogens is 370 g/mol. The zero-order valence-electron chi connectivity index (χ0n) is 14.2. The quantitative estimate of drug-likeness (QED) is 0.641. The van der Waals surface area contributed by atoms with Gasteiger partial charge in [0.05, 0.1) is 5.69 Å². The molecule has 0 saturated carbocycles. The number of aromatic amines is 1. The number of rotatable bonds is 4. The van der Waals surface area contributed by atoms with Crippen LogP contribution < -0.4 is 10.6 Å². The van der Waals surface area contributed by atoms with Crippen molar-refractivity contribution in [3.05, 3.63) is 62.4 Å². The summed E-state index contributed by atoms with van der Waals surface area (Å²) in [5.74, 6) is -0.228. The maximum absolute atomic E-state index is 12.6. The fourth-order valence-electron chi connectivity index (χ4n) is 3.05. The number of aryl methyl sites for hydroxylation is 1. The topological polar surface area (TPSA) is 82.7 Å². The van der Waals surface area contributed by atoms with Crippen LogP contribution in [0.5, 0.6) is 0 Å². The molecule has 0 aliphatic carbocycles. The van der Waals surface area contributed by atoms with E-state index in [1.165, 1.54) is 11.3 Å². The van der Waals surface area contributed by atoms with Crippen LogP contribution >= 0.6 is 22.9 Å². The third-order valence-corrected chi connectivity index (χ3v) is 5.70. The fraction of sp³-hybridized carbons (Fsp3) is 0.278. The zero-order valence-corrected chi connectivity index (χ0v) is 15.8. The number of carbonyl (C=O) groups is 1. The largest absolute Gasteiger partial charge is 0.312 e. The van der Waals surface area contributed by atoms with Gasteiger partial charge in [0.1, 0.15) is 0 Å². The van der Waals surface area contributed by atoms with E-state index < -0.39 is 0 Å². The number of fused-ring (bicyclic) bond motifs is 1. The Balaban J connectivity index is 1.50. The minimum atomic E-state index is -0.228. The summed E-state index contributed by atoms with van der Waals surface area (Å²) >= 11 is 7.54. The minimum Gasteiger partial charge on any atom is -0.312 e. The lowest BCUT2D eigenvalue weighted by atomic mass is 10.1. The second-order valence-corrected chi connectivity index (χ2v) is 7.76. The molecule has 0 radical (unpaired) electrons. The van der Waals surface area contributed by atoms with Gasteiger partial charge in [0.2, 0.25) is 0 Å². The second-order valence-electron chi connectivity index (χ2n) is 6.24. The highest BCUT2D eigenvalue weighted by molar-refractivity contribution is 7.15. The Labute approximate surface area is 160 Å². The van der Waals surface area contributed by atoms with E-state index in [1.54, 1.807) is 0 Å². The number of halogens is 1. The Morgan fingerprint density at radius 1 is 1.42 bits per heavy atom. The van der Waals surface area contributed by atoms with Crippen LogP contribution in [0.4, 0.5) is 5.13 Å². The average Bonchev–Trinajstić information content (AvgIpc) is 3.19. The number of hydrogen-bond acceptors (Lipinski definition) is 5. The Kier molecular flexibility index (Phi) is 4.76. The van der Waals surface area contributed by atoms with Crippen molar-refractivity contribution in [3.8, 4) is 0 Å². The van der Waals surface area contributed by atoms with Crippen LogP contribution in [-0.2, 0) is 19.4 Å². The van der Waals surface area contributed by atoms with Gasteiger partial charge >= 0.3 is 0 Å². The van der Waals surface area contributed by atoms with E-state index in [1.807, 2.05) is 31.2 Å². The molecule has 1 aliphatic rings. The van der Waals surface area contributed by atoms with Gasteiger partial charge in [0.25, 0.3) is 5.91 Å². The van der Waals surface area contributed by atoms with E-state index in [-0.39, 0.29) is 5.91 Å². The maximum atomic E-state index is 12.6. The van der Waals surface area contributed by atoms with Crippen LogP contribution in [0.25, 0.3) is 0 Å². The first-order valence-electron chi connectivity index (χ1n) is 8.39. The molecule has 134 valence electrons. The van der Waals surface area contributed by atoms with E-state index in [4.69, 9.17) is 11.6 Å². The van der Waals surface area contributed by atoms with Gasteiger partial charge in [-0.25, -0.2) is 4.98 Å². The normalized spacial score (nSPS) is 13.5. The molecule has 0 unspecified atom stereocenters. The third kappa shape index (κ3) is 3.51. The summed E-state index contributed by atoms with van der Waals surface area (Å²) in [6.45, 7) is 3.51. The summed E-state index contributed by atoms with van der Waals surface area (Å²) in [6, 6.07) is 7.77. The van der Waals surface area contributed by atoms with Crippen molar-refractivity contribution < 1.29 is 4.79 Å². The lowest BCUT2D eigenvalue weighted by Gasteiger charge is -2.12. The third-order valence-electron chi connectivity index (χ3n) is 4.39. The van der Waals surface area contributed by atoms with Gasteiger partial charge in [0.15, 0.2) is 10.8 Å². The van der Waals surface area contributed by atoms with E-state index in [0.29, 0.717) is 17.4 Å². The zero-order chi connectivity index (χ0) is 18.1. The molecule has 2 aromatic heterocycles. The van der Waals surface area contributed by atoms with Crippen LogP contribution in [0.1, 0.15) is 37.9 Å². The molecule has 4 rings (SSSR count). The van der Waals surface area contributed by atoms with Gasteiger partial charge in [-0.15, -0.1) is 11.3 Å². The number of thiazole rings is 1. The molecule has 0 saturated heterocycles. The van der Waals surface area contributed by atoms with Gasteiger partial charge in [-0.1, -0.05) is 23.7 Å². The number of nitrogens with one attached hydrogen (secondary N) is 3. The van der Waals surface area contributed by atoms with Crippen molar-refractivity contribution in [1.82, 2.24) is 20.5 Å². The number of aromatic nitrogens is 3. The highest BCUT2D eigenvalue weighted by Gasteiger charge is 2.22. The monoisotopic (exact) mass is 387 g/mol. The predicted octanol–water partition coefficient (Wildman–Crippen LogP) is 3.32. The molecule has 3 heterocycles. The van der Waals surface area contributed by atoms with Gasteiger partial charge in [-0.2, -0.15) is 5.10 Å². The van der Waals surface area contributed by atoms with E-state index in [0.717, 1.165) is 51.8 Å². The van der Waals surface area contributed by atoms with Crippen molar-refractivity contribution in [3.63, 3.8) is 0 Å². The van der Waals surface area contributed by atoms with Crippen LogP contribution in [0.2, 0.25) is 5.02 Å². The molecule has 0 fully saturated rings. The maximum Gasteiger partial charge on any atom is 0.278 e. The van der Waals surface area contributed by atoms with Crippen molar-refractivity contribution >= 4 is 34.0 Å². The Morgan fingerprint density at radius 2 is 2.31 bits per heavy atom. The van der Waals surface area contributed by atoms with Crippen LogP contribution in [0.3, 0.4) is 0 Å². The highest BCUT2D eigenvalue weighted by atomic mass is 35.5.